The minimum Gasteiger partial charge on any atom is -0.465 e. The Morgan fingerprint density at radius 1 is 1.18 bits per heavy atom. The van der Waals surface area contributed by atoms with E-state index in [-0.39, 0.29) is 33.9 Å². The van der Waals surface area contributed by atoms with Gasteiger partial charge in [0.05, 0.1) is 16.8 Å². The smallest absolute Gasteiger partial charge is 0.412 e. The maximum absolute atomic E-state index is 13.3. The monoisotopic (exact) mass is 487 g/mol. The van der Waals surface area contributed by atoms with Gasteiger partial charge in [-0.3, -0.25) is 9.69 Å². The summed E-state index contributed by atoms with van der Waals surface area (Å²) in [5, 5.41) is 12.7. The summed E-state index contributed by atoms with van der Waals surface area (Å²) in [6, 6.07) is 15.2. The lowest BCUT2D eigenvalue weighted by atomic mass is 10.1. The predicted octanol–water partition coefficient (Wildman–Crippen LogP) is 3.13. The molecule has 2 N–H and O–H groups in total. The number of rotatable bonds is 7. The molecule has 0 aliphatic carbocycles. The summed E-state index contributed by atoms with van der Waals surface area (Å²) in [7, 11) is -3.78. The summed E-state index contributed by atoms with van der Waals surface area (Å²) in [4.78, 5) is 24.7. The number of carbonyl (C=O) groups is 2. The molecule has 2 aliphatic heterocycles. The second-order valence-electron chi connectivity index (χ2n) is 8.05. The first-order valence-electron chi connectivity index (χ1n) is 10.5. The number of nitrogens with zero attached hydrogens (tertiary/aromatic N) is 2. The van der Waals surface area contributed by atoms with Crippen LogP contribution in [0.3, 0.4) is 0 Å². The normalized spacial score (nSPS) is 22.5. The minimum absolute atomic E-state index is 0.0409. The quantitative estimate of drug-likeness (QED) is 0.581. The fraction of sp³-hybridized carbons (Fsp3) is 0.304. The summed E-state index contributed by atoms with van der Waals surface area (Å²) in [6.07, 6.45) is 0.773. The van der Waals surface area contributed by atoms with Crippen LogP contribution < -0.4 is 10.2 Å². The second kappa shape index (κ2) is 9.58. The van der Waals surface area contributed by atoms with Crippen molar-refractivity contribution in [3.63, 3.8) is 0 Å². The number of carboxylic acid groups (broad SMARTS) is 1. The van der Waals surface area contributed by atoms with Gasteiger partial charge < -0.3 is 10.4 Å². The minimum atomic E-state index is -3.78. The fourth-order valence-electron chi connectivity index (χ4n) is 4.23. The molecule has 0 spiro atoms. The van der Waals surface area contributed by atoms with Crippen LogP contribution in [-0.4, -0.2) is 53.5 Å². The molecule has 2 aliphatic rings. The number of benzene rings is 2. The average molecular weight is 488 g/mol. The summed E-state index contributed by atoms with van der Waals surface area (Å²) in [5.74, 6) is -0.0797. The van der Waals surface area contributed by atoms with Crippen molar-refractivity contribution in [1.82, 2.24) is 9.62 Å². The number of hydrogen-bond donors (Lipinski definition) is 2. The maximum atomic E-state index is 13.3. The van der Waals surface area contributed by atoms with E-state index in [2.05, 4.69) is 11.9 Å². The topological polar surface area (TPSA) is 107 Å². The molecule has 0 radical (unpaired) electrons. The van der Waals surface area contributed by atoms with Crippen LogP contribution >= 0.6 is 11.8 Å². The Morgan fingerprint density at radius 2 is 1.94 bits per heavy atom. The number of carbonyl (C=O) groups excluding carboxylic acids is 1. The van der Waals surface area contributed by atoms with Crippen molar-refractivity contribution in [2.45, 2.75) is 28.5 Å². The van der Waals surface area contributed by atoms with Gasteiger partial charge in [-0.1, -0.05) is 43.0 Å². The van der Waals surface area contributed by atoms with Crippen LogP contribution in [0.5, 0.6) is 0 Å². The third-order valence-corrected chi connectivity index (χ3v) is 9.22. The van der Waals surface area contributed by atoms with Gasteiger partial charge in [0, 0.05) is 24.0 Å². The summed E-state index contributed by atoms with van der Waals surface area (Å²) >= 11 is 1.58. The molecule has 174 valence electrons. The third-order valence-electron chi connectivity index (χ3n) is 5.87. The Kier molecular flexibility index (Phi) is 6.78. The molecule has 0 aromatic heterocycles. The zero-order valence-corrected chi connectivity index (χ0v) is 19.5. The molecule has 2 amide bonds. The number of anilines is 1. The molecule has 0 bridgehead atoms. The van der Waals surface area contributed by atoms with Gasteiger partial charge in [-0.2, -0.15) is 4.31 Å². The van der Waals surface area contributed by atoms with Gasteiger partial charge in [0.2, 0.25) is 15.9 Å². The van der Waals surface area contributed by atoms with Crippen molar-refractivity contribution in [3.05, 3.63) is 72.8 Å². The zero-order valence-electron chi connectivity index (χ0n) is 17.8. The molecule has 2 aromatic carbocycles. The Morgan fingerprint density at radius 3 is 2.61 bits per heavy atom. The molecule has 4 rings (SSSR count). The number of thioether (sulfide) groups is 1. The van der Waals surface area contributed by atoms with Crippen LogP contribution in [0.15, 0.2) is 72.1 Å². The SMILES string of the molecule is C=CC(=O)NC1CC2CN(S(=O)(=O)c3cccc(N(Cc4ccccc4)C(=O)O)c3)CC2S1. The van der Waals surface area contributed by atoms with E-state index in [1.807, 2.05) is 30.3 Å². The van der Waals surface area contributed by atoms with Gasteiger partial charge >= 0.3 is 6.09 Å². The van der Waals surface area contributed by atoms with Gasteiger partial charge in [0.25, 0.3) is 0 Å². The van der Waals surface area contributed by atoms with Gasteiger partial charge in [-0.05, 0) is 42.2 Å². The standard InChI is InChI=1S/C23H25N3O5S2/c1-2-21(27)24-22-11-17-14-25(15-20(17)32-22)33(30,31)19-10-6-9-18(12-19)26(23(28)29)13-16-7-4-3-5-8-16/h2-10,12,17,20,22H,1,11,13-15H2,(H,24,27)(H,28,29). The molecule has 8 nitrogen and oxygen atoms in total. The lowest BCUT2D eigenvalue weighted by Crippen LogP contribution is -2.34. The van der Waals surface area contributed by atoms with Crippen molar-refractivity contribution in [1.29, 1.82) is 0 Å². The molecule has 3 atom stereocenters. The van der Waals surface area contributed by atoms with E-state index in [9.17, 15) is 23.1 Å². The highest BCUT2D eigenvalue weighted by molar-refractivity contribution is 8.00. The van der Waals surface area contributed by atoms with Crippen molar-refractivity contribution in [2.75, 3.05) is 18.0 Å². The van der Waals surface area contributed by atoms with Crippen LogP contribution in [0.25, 0.3) is 0 Å². The molecule has 2 saturated heterocycles. The summed E-state index contributed by atoms with van der Waals surface area (Å²) in [6.45, 7) is 4.30. The predicted molar refractivity (Wildman–Crippen MR) is 127 cm³/mol. The Hall–Kier alpha value is -2.82. The average Bonchev–Trinajstić information content (AvgIpc) is 3.37. The van der Waals surface area contributed by atoms with E-state index in [1.165, 1.54) is 22.5 Å². The van der Waals surface area contributed by atoms with Crippen molar-refractivity contribution in [2.24, 2.45) is 5.92 Å². The van der Waals surface area contributed by atoms with Crippen molar-refractivity contribution < 1.29 is 23.1 Å². The van der Waals surface area contributed by atoms with Gasteiger partial charge in [0.1, 0.15) is 0 Å². The second-order valence-corrected chi connectivity index (χ2v) is 11.4. The molecular weight excluding hydrogens is 462 g/mol. The highest BCUT2D eigenvalue weighted by atomic mass is 32.2. The maximum Gasteiger partial charge on any atom is 0.412 e. The fourth-order valence-corrected chi connectivity index (χ4v) is 7.54. The number of sulfonamides is 1. The third kappa shape index (κ3) is 5.07. The van der Waals surface area contributed by atoms with E-state index in [0.717, 1.165) is 10.5 Å². The first kappa shape index (κ1) is 23.3. The highest BCUT2D eigenvalue weighted by Gasteiger charge is 2.45. The van der Waals surface area contributed by atoms with Crippen LogP contribution in [0.1, 0.15) is 12.0 Å². The van der Waals surface area contributed by atoms with E-state index in [4.69, 9.17) is 0 Å². The van der Waals surface area contributed by atoms with Crippen LogP contribution in [0.2, 0.25) is 0 Å². The van der Waals surface area contributed by atoms with Crippen LogP contribution in [0, 0.1) is 5.92 Å². The van der Waals surface area contributed by atoms with Gasteiger partial charge in [-0.15, -0.1) is 11.8 Å². The number of amides is 2. The number of hydrogen-bond acceptors (Lipinski definition) is 5. The van der Waals surface area contributed by atoms with Gasteiger partial charge in [0.15, 0.2) is 0 Å². The first-order chi connectivity index (χ1) is 15.8. The van der Waals surface area contributed by atoms with Crippen molar-refractivity contribution >= 4 is 39.5 Å². The lowest BCUT2D eigenvalue weighted by molar-refractivity contribution is -0.116. The Labute approximate surface area is 197 Å². The van der Waals surface area contributed by atoms with E-state index in [1.54, 1.807) is 23.9 Å². The Bertz CT molecular complexity index is 1140. The molecule has 2 fully saturated rings. The molecule has 2 aromatic rings. The van der Waals surface area contributed by atoms with E-state index in [0.29, 0.717) is 25.2 Å². The zero-order chi connectivity index (χ0) is 23.6. The largest absolute Gasteiger partial charge is 0.465 e. The van der Waals surface area contributed by atoms with E-state index < -0.39 is 16.1 Å². The Balaban J connectivity index is 1.49. The van der Waals surface area contributed by atoms with Crippen molar-refractivity contribution in [3.8, 4) is 0 Å². The number of nitrogens with one attached hydrogen (secondary N) is 1. The van der Waals surface area contributed by atoms with Crippen LogP contribution in [-0.2, 0) is 21.4 Å². The summed E-state index contributed by atoms with van der Waals surface area (Å²) < 4.78 is 28.1. The molecule has 10 heteroatoms. The van der Waals surface area contributed by atoms with E-state index >= 15 is 0 Å². The molecular formula is C23H25N3O5S2. The first-order valence-corrected chi connectivity index (χ1v) is 12.9. The highest BCUT2D eigenvalue weighted by Crippen LogP contribution is 2.43. The molecule has 33 heavy (non-hydrogen) atoms. The molecule has 0 saturated carbocycles. The van der Waals surface area contributed by atoms with Gasteiger partial charge in [-0.25, -0.2) is 13.2 Å². The molecule has 3 unspecified atom stereocenters. The lowest BCUT2D eigenvalue weighted by Gasteiger charge is -2.22. The number of fused-ring (bicyclic) bond motifs is 1. The molecule has 2 heterocycles. The van der Waals surface area contributed by atoms with Crippen LogP contribution in [0.4, 0.5) is 10.5 Å². The summed E-state index contributed by atoms with van der Waals surface area (Å²) in [5.41, 5.74) is 1.10.